The molecule has 2 atom stereocenters. The highest BCUT2D eigenvalue weighted by Gasteiger charge is 2.42. The summed E-state index contributed by atoms with van der Waals surface area (Å²) < 4.78 is 6.14. The van der Waals surface area contributed by atoms with Gasteiger partial charge in [0.1, 0.15) is 0 Å². The zero-order valence-electron chi connectivity index (χ0n) is 12.3. The smallest absolute Gasteiger partial charge is 0.0686 e. The van der Waals surface area contributed by atoms with E-state index in [1.807, 2.05) is 12.4 Å². The molecular formula is C16H25N3O. The van der Waals surface area contributed by atoms with Gasteiger partial charge in [0.25, 0.3) is 0 Å². The molecule has 2 fully saturated rings. The van der Waals surface area contributed by atoms with Crippen molar-refractivity contribution in [3.63, 3.8) is 0 Å². The third-order valence-electron chi connectivity index (χ3n) is 5.10. The molecule has 2 aliphatic rings. The molecular weight excluding hydrogens is 250 g/mol. The highest BCUT2D eigenvalue weighted by atomic mass is 16.5. The summed E-state index contributed by atoms with van der Waals surface area (Å²) in [6.45, 7) is 2.98. The zero-order valence-corrected chi connectivity index (χ0v) is 12.3. The number of aromatic nitrogens is 1. The fourth-order valence-electron chi connectivity index (χ4n) is 4.03. The summed E-state index contributed by atoms with van der Waals surface area (Å²) in [5.41, 5.74) is 5.68. The Morgan fingerprint density at radius 1 is 1.45 bits per heavy atom. The summed E-state index contributed by atoms with van der Waals surface area (Å²) in [7, 11) is 0. The van der Waals surface area contributed by atoms with Crippen LogP contribution in [0, 0.1) is 12.8 Å². The van der Waals surface area contributed by atoms with Crippen molar-refractivity contribution in [2.45, 2.75) is 57.1 Å². The van der Waals surface area contributed by atoms with E-state index in [1.54, 1.807) is 0 Å². The van der Waals surface area contributed by atoms with E-state index in [0.717, 1.165) is 19.4 Å². The van der Waals surface area contributed by atoms with Crippen LogP contribution >= 0.6 is 0 Å². The number of rotatable bonds is 3. The number of ether oxygens (including phenoxy) is 1. The summed E-state index contributed by atoms with van der Waals surface area (Å²) in [6, 6.07) is 2.30. The summed E-state index contributed by atoms with van der Waals surface area (Å²) in [5.74, 6) is 6.43. The molecule has 0 bridgehead atoms. The first kappa shape index (κ1) is 14.0. The second-order valence-corrected chi connectivity index (χ2v) is 6.37. The number of hydrogen-bond acceptors (Lipinski definition) is 4. The summed E-state index contributed by atoms with van der Waals surface area (Å²) >= 11 is 0. The molecule has 4 heteroatoms. The number of nitrogens with two attached hydrogens (primary N) is 1. The van der Waals surface area contributed by atoms with Crippen LogP contribution in [0.15, 0.2) is 18.5 Å². The monoisotopic (exact) mass is 275 g/mol. The fraction of sp³-hybridized carbons (Fsp3) is 0.688. The summed E-state index contributed by atoms with van der Waals surface area (Å²) in [5, 5.41) is 0. The highest BCUT2D eigenvalue weighted by molar-refractivity contribution is 5.26. The van der Waals surface area contributed by atoms with Crippen molar-refractivity contribution < 1.29 is 4.74 Å². The molecule has 4 nitrogen and oxygen atoms in total. The van der Waals surface area contributed by atoms with Crippen molar-refractivity contribution in [2.75, 3.05) is 6.61 Å². The molecule has 1 aromatic rings. The van der Waals surface area contributed by atoms with Gasteiger partial charge >= 0.3 is 0 Å². The van der Waals surface area contributed by atoms with E-state index in [2.05, 4.69) is 23.4 Å². The maximum absolute atomic E-state index is 6.14. The average Bonchev–Trinajstić information content (AvgIpc) is 2.90. The first-order valence-electron chi connectivity index (χ1n) is 7.75. The van der Waals surface area contributed by atoms with E-state index >= 15 is 0 Å². The van der Waals surface area contributed by atoms with E-state index in [1.165, 1.54) is 36.8 Å². The lowest BCUT2D eigenvalue weighted by Gasteiger charge is -2.41. The lowest BCUT2D eigenvalue weighted by Crippen LogP contribution is -2.43. The van der Waals surface area contributed by atoms with Crippen molar-refractivity contribution in [3.05, 3.63) is 29.6 Å². The zero-order chi connectivity index (χ0) is 14.0. The molecule has 20 heavy (non-hydrogen) atoms. The molecule has 1 saturated heterocycles. The Morgan fingerprint density at radius 3 is 2.95 bits per heavy atom. The van der Waals surface area contributed by atoms with Gasteiger partial charge in [-0.3, -0.25) is 16.3 Å². The number of pyridine rings is 1. The molecule has 0 radical (unpaired) electrons. The first-order chi connectivity index (χ1) is 9.74. The van der Waals surface area contributed by atoms with E-state index in [0.29, 0.717) is 5.92 Å². The van der Waals surface area contributed by atoms with Crippen LogP contribution in [-0.4, -0.2) is 17.2 Å². The van der Waals surface area contributed by atoms with Crippen LogP contribution in [0.3, 0.4) is 0 Å². The predicted molar refractivity (Wildman–Crippen MR) is 78.9 cm³/mol. The molecule has 2 unspecified atom stereocenters. The van der Waals surface area contributed by atoms with E-state index in [-0.39, 0.29) is 11.6 Å². The first-order valence-corrected chi connectivity index (χ1v) is 7.75. The van der Waals surface area contributed by atoms with Crippen molar-refractivity contribution in [1.29, 1.82) is 0 Å². The predicted octanol–water partition coefficient (Wildman–Crippen LogP) is 2.63. The van der Waals surface area contributed by atoms with Gasteiger partial charge in [0.05, 0.1) is 5.60 Å². The molecule has 110 valence electrons. The van der Waals surface area contributed by atoms with Crippen molar-refractivity contribution in [2.24, 2.45) is 11.8 Å². The lowest BCUT2D eigenvalue weighted by atomic mass is 9.78. The van der Waals surface area contributed by atoms with E-state index in [9.17, 15) is 0 Å². The Balaban J connectivity index is 1.81. The van der Waals surface area contributed by atoms with Gasteiger partial charge in [0.15, 0.2) is 0 Å². The Labute approximate surface area is 121 Å². The number of nitrogens with zero attached hydrogens (tertiary/aromatic N) is 1. The minimum atomic E-state index is 0.138. The van der Waals surface area contributed by atoms with Crippen molar-refractivity contribution in [3.8, 4) is 0 Å². The van der Waals surface area contributed by atoms with Gasteiger partial charge in [-0.15, -0.1) is 0 Å². The largest absolute Gasteiger partial charge is 0.375 e. The van der Waals surface area contributed by atoms with E-state index in [4.69, 9.17) is 10.6 Å². The number of nitrogens with one attached hydrogen (secondary N) is 1. The van der Waals surface area contributed by atoms with Gasteiger partial charge in [-0.2, -0.15) is 0 Å². The van der Waals surface area contributed by atoms with Gasteiger partial charge in [-0.25, -0.2) is 0 Å². The van der Waals surface area contributed by atoms with Gasteiger partial charge in [0, 0.05) is 25.0 Å². The molecule has 1 saturated carbocycles. The minimum Gasteiger partial charge on any atom is -0.375 e. The number of hydrogen-bond donors (Lipinski definition) is 2. The van der Waals surface area contributed by atoms with Crippen molar-refractivity contribution in [1.82, 2.24) is 10.4 Å². The van der Waals surface area contributed by atoms with Crippen LogP contribution in [0.25, 0.3) is 0 Å². The Bertz CT molecular complexity index is 457. The van der Waals surface area contributed by atoms with Crippen LogP contribution in [0.2, 0.25) is 0 Å². The van der Waals surface area contributed by atoms with Crippen LogP contribution in [0.5, 0.6) is 0 Å². The maximum Gasteiger partial charge on any atom is 0.0686 e. The Kier molecular flexibility index (Phi) is 4.06. The molecule has 0 aromatic carbocycles. The molecule has 3 rings (SSSR count). The van der Waals surface area contributed by atoms with Gasteiger partial charge in [-0.1, -0.05) is 12.8 Å². The number of hydrazine groups is 1. The molecule has 3 N–H and O–H groups in total. The topological polar surface area (TPSA) is 60.2 Å². The third-order valence-corrected chi connectivity index (χ3v) is 5.10. The SMILES string of the molecule is Cc1cnccc1C(NN)C1CCOC2(CCCC2)C1. The molecule has 1 aromatic heterocycles. The molecule has 1 aliphatic heterocycles. The van der Waals surface area contributed by atoms with Gasteiger partial charge in [-0.05, 0) is 55.7 Å². The standard InChI is InChI=1S/C16H25N3O/c1-12-11-18-8-4-14(12)15(19-17)13-5-9-20-16(10-13)6-2-3-7-16/h4,8,11,13,15,19H,2-3,5-7,9-10,17H2,1H3. The molecule has 2 heterocycles. The van der Waals surface area contributed by atoms with E-state index < -0.39 is 0 Å². The Hall–Kier alpha value is -0.970. The second-order valence-electron chi connectivity index (χ2n) is 6.37. The van der Waals surface area contributed by atoms with Crippen LogP contribution < -0.4 is 11.3 Å². The van der Waals surface area contributed by atoms with Crippen LogP contribution in [0.4, 0.5) is 0 Å². The summed E-state index contributed by atoms with van der Waals surface area (Å²) in [6.07, 6.45) is 11.0. The van der Waals surface area contributed by atoms with Crippen LogP contribution in [-0.2, 0) is 4.74 Å². The Morgan fingerprint density at radius 2 is 2.25 bits per heavy atom. The second kappa shape index (κ2) is 5.80. The molecule has 0 amide bonds. The highest BCUT2D eigenvalue weighted by Crippen LogP contribution is 2.45. The minimum absolute atomic E-state index is 0.138. The van der Waals surface area contributed by atoms with Crippen molar-refractivity contribution >= 4 is 0 Å². The maximum atomic E-state index is 6.14. The quantitative estimate of drug-likeness (QED) is 0.657. The third kappa shape index (κ3) is 2.60. The van der Waals surface area contributed by atoms with Crippen LogP contribution in [0.1, 0.15) is 55.7 Å². The van der Waals surface area contributed by atoms with Gasteiger partial charge in [0.2, 0.25) is 0 Å². The summed E-state index contributed by atoms with van der Waals surface area (Å²) in [4.78, 5) is 4.18. The average molecular weight is 275 g/mol. The molecule has 1 aliphatic carbocycles. The normalized spacial score (nSPS) is 26.8. The fourth-order valence-corrected chi connectivity index (χ4v) is 4.03. The van der Waals surface area contributed by atoms with Gasteiger partial charge < -0.3 is 4.74 Å². The number of aryl methyl sites for hydroxylation is 1. The molecule has 1 spiro atoms. The lowest BCUT2D eigenvalue weighted by molar-refractivity contribution is -0.0982.